The fourth-order valence-electron chi connectivity index (χ4n) is 4.36. The summed E-state index contributed by atoms with van der Waals surface area (Å²) in [7, 11) is 2.02. The minimum absolute atomic E-state index is 0. The summed E-state index contributed by atoms with van der Waals surface area (Å²) in [6, 6.07) is -1.90. The van der Waals surface area contributed by atoms with Crippen LogP contribution in [0.2, 0.25) is 0 Å². The normalized spacial score (nSPS) is 15.2. The van der Waals surface area contributed by atoms with E-state index >= 15 is 0 Å². The van der Waals surface area contributed by atoms with Crippen molar-refractivity contribution in [2.75, 3.05) is 24.7 Å². The van der Waals surface area contributed by atoms with Gasteiger partial charge in [0, 0.05) is 26.9 Å². The second-order valence-corrected chi connectivity index (χ2v) is 13.6. The van der Waals surface area contributed by atoms with Gasteiger partial charge in [-0.1, -0.05) is 50.4 Å². The van der Waals surface area contributed by atoms with E-state index in [4.69, 9.17) is 0 Å². The molecule has 0 bridgehead atoms. The number of nitrogens with one attached hydrogen (secondary N) is 2. The molecule has 236 valence electrons. The number of imide groups is 2. The predicted octanol–water partition coefficient (Wildman–Crippen LogP) is -5.92. The topological polar surface area (TPSA) is 239 Å². The number of carboxylic acid groups (broad SMARTS) is 2. The predicted molar refractivity (Wildman–Crippen MR) is 151 cm³/mol. The van der Waals surface area contributed by atoms with Crippen molar-refractivity contribution in [2.45, 2.75) is 53.4 Å². The van der Waals surface area contributed by atoms with Gasteiger partial charge in [-0.05, 0) is 23.7 Å². The fraction of sp³-hybridized carbons (Fsp3) is 0.462. The first-order chi connectivity index (χ1) is 20.2. The molecule has 0 unspecified atom stereocenters. The SMILES string of the molecule is CN(C(=O)Nc1nc2c(s1)C(=O)CC(C)(C)C2)C(=O)C(=O)[O-].CN(C(=O)Nc1nc2c(s1)C(=O)CC(C)(C)C2)C(=O)C(=O)[O-].[Li+].[Li+]. The summed E-state index contributed by atoms with van der Waals surface area (Å²) in [6.07, 6.45) is 2.01. The van der Waals surface area contributed by atoms with Crippen LogP contribution in [-0.2, 0) is 32.0 Å². The maximum Gasteiger partial charge on any atom is 1.00 e. The molecule has 0 saturated carbocycles. The molecule has 2 N–H and O–H groups in total. The minimum atomic E-state index is -1.98. The molecule has 2 aliphatic carbocycles. The van der Waals surface area contributed by atoms with Crippen molar-refractivity contribution in [1.82, 2.24) is 19.8 Å². The number of thiazole rings is 2. The monoisotopic (exact) mass is 662 g/mol. The van der Waals surface area contributed by atoms with Gasteiger partial charge in [-0.15, -0.1) is 0 Å². The molecule has 0 radical (unpaired) electrons. The molecule has 46 heavy (non-hydrogen) atoms. The molecule has 0 aromatic carbocycles. The number of anilines is 2. The van der Waals surface area contributed by atoms with E-state index in [0.29, 0.717) is 56.6 Å². The fourth-order valence-corrected chi connectivity index (χ4v) is 6.17. The molecule has 2 aliphatic rings. The van der Waals surface area contributed by atoms with Crippen molar-refractivity contribution >= 4 is 80.3 Å². The molecule has 20 heteroatoms. The van der Waals surface area contributed by atoms with Crippen LogP contribution in [0, 0.1) is 10.8 Å². The summed E-state index contributed by atoms with van der Waals surface area (Å²) in [5, 5.41) is 25.8. The van der Waals surface area contributed by atoms with Crippen LogP contribution in [0.4, 0.5) is 19.9 Å². The van der Waals surface area contributed by atoms with Crippen LogP contribution in [0.1, 0.15) is 71.3 Å². The Morgan fingerprint density at radius 3 is 1.24 bits per heavy atom. The van der Waals surface area contributed by atoms with Crippen molar-refractivity contribution in [1.29, 1.82) is 0 Å². The van der Waals surface area contributed by atoms with Gasteiger partial charge in [-0.3, -0.25) is 39.6 Å². The number of Topliss-reactive ketones (excluding diaryl/α,β-unsaturated/α-hetero) is 2. The second-order valence-electron chi connectivity index (χ2n) is 11.6. The summed E-state index contributed by atoms with van der Waals surface area (Å²) in [5.41, 5.74) is 0.827. The van der Waals surface area contributed by atoms with E-state index in [2.05, 4.69) is 20.6 Å². The number of urea groups is 2. The Kier molecular flexibility index (Phi) is 13.7. The largest absolute Gasteiger partial charge is 1.00 e. The number of fused-ring (bicyclic) bond motifs is 2. The van der Waals surface area contributed by atoms with Crippen molar-refractivity contribution in [3.05, 3.63) is 21.1 Å². The minimum Gasteiger partial charge on any atom is -0.540 e. The van der Waals surface area contributed by atoms with E-state index in [1.54, 1.807) is 0 Å². The first-order valence-electron chi connectivity index (χ1n) is 12.9. The van der Waals surface area contributed by atoms with E-state index in [-0.39, 0.29) is 70.4 Å². The van der Waals surface area contributed by atoms with Crippen LogP contribution in [0.5, 0.6) is 0 Å². The van der Waals surface area contributed by atoms with E-state index in [0.717, 1.165) is 36.8 Å². The van der Waals surface area contributed by atoms with Crippen LogP contribution in [-0.4, -0.2) is 81.2 Å². The van der Waals surface area contributed by atoms with Gasteiger partial charge in [-0.25, -0.2) is 19.6 Å². The van der Waals surface area contributed by atoms with Gasteiger partial charge in [0.05, 0.1) is 21.1 Å². The number of hydrogen-bond acceptors (Lipinski definition) is 14. The molecule has 2 aromatic rings. The summed E-state index contributed by atoms with van der Waals surface area (Å²) in [4.78, 5) is 101. The van der Waals surface area contributed by atoms with E-state index in [1.807, 2.05) is 27.7 Å². The van der Waals surface area contributed by atoms with Gasteiger partial charge < -0.3 is 19.8 Å². The number of carbonyl (C=O) groups is 8. The van der Waals surface area contributed by atoms with Crippen LogP contribution in [0.25, 0.3) is 0 Å². The Bertz CT molecular complexity index is 1490. The number of hydrogen-bond donors (Lipinski definition) is 2. The number of aromatic nitrogens is 2. The summed E-state index contributed by atoms with van der Waals surface area (Å²) < 4.78 is 0. The quantitative estimate of drug-likeness (QED) is 0.226. The molecule has 0 spiro atoms. The van der Waals surface area contributed by atoms with E-state index in [9.17, 15) is 48.6 Å². The molecule has 6 amide bonds. The van der Waals surface area contributed by atoms with Gasteiger partial charge >= 0.3 is 49.8 Å². The maximum absolute atomic E-state index is 12.0. The number of carboxylic acids is 2. The number of nitrogens with zero attached hydrogens (tertiary/aromatic N) is 4. The molecule has 2 heterocycles. The Labute approximate surface area is 295 Å². The van der Waals surface area contributed by atoms with Gasteiger partial charge in [-0.2, -0.15) is 0 Å². The average Bonchev–Trinajstić information content (AvgIpc) is 3.48. The average molecular weight is 663 g/mol. The standard InChI is InChI=1S/2C13H15N3O5S.2Li/c2*1-13(2)4-6-8(7(17)5-13)22-11(14-6)15-12(21)16(3)9(18)10(19)20;;/h2*4-5H2,1-3H3,(H,19,20)(H,14,15,21);;/q;;2*+1/p-2. The van der Waals surface area contributed by atoms with E-state index in [1.165, 1.54) is 0 Å². The summed E-state index contributed by atoms with van der Waals surface area (Å²) >= 11 is 2.03. The zero-order valence-corrected chi connectivity index (χ0v) is 28.1. The maximum atomic E-state index is 12.0. The Morgan fingerprint density at radius 2 is 0.957 bits per heavy atom. The third kappa shape index (κ3) is 9.81. The molecule has 0 aliphatic heterocycles. The van der Waals surface area contributed by atoms with Gasteiger partial charge in [0.2, 0.25) is 0 Å². The molecule has 16 nitrogen and oxygen atoms in total. The van der Waals surface area contributed by atoms with Crippen molar-refractivity contribution in [3.63, 3.8) is 0 Å². The van der Waals surface area contributed by atoms with Crippen LogP contribution >= 0.6 is 22.7 Å². The molecule has 2 aromatic heterocycles. The molecular weight excluding hydrogens is 634 g/mol. The van der Waals surface area contributed by atoms with Crippen LogP contribution < -0.4 is 58.6 Å². The Balaban J connectivity index is 0.000000441. The molecule has 4 rings (SSSR count). The first-order valence-corrected chi connectivity index (χ1v) is 14.5. The molecule has 0 fully saturated rings. The van der Waals surface area contributed by atoms with Gasteiger partial charge in [0.25, 0.3) is 11.8 Å². The zero-order valence-electron chi connectivity index (χ0n) is 26.5. The van der Waals surface area contributed by atoms with Gasteiger partial charge in [0.1, 0.15) is 11.9 Å². The smallest absolute Gasteiger partial charge is 0.540 e. The number of amides is 6. The number of rotatable bonds is 2. The number of ketones is 2. The summed E-state index contributed by atoms with van der Waals surface area (Å²) in [6.45, 7) is 7.82. The number of aliphatic carboxylic acids is 2. The Morgan fingerprint density at radius 1 is 0.652 bits per heavy atom. The molecule has 0 atom stereocenters. The molecular formula is C26H28Li2N6O10S2. The van der Waals surface area contributed by atoms with Gasteiger partial charge in [0.15, 0.2) is 21.8 Å². The van der Waals surface area contributed by atoms with E-state index < -0.39 is 35.8 Å². The van der Waals surface area contributed by atoms with Crippen molar-refractivity contribution < 1.29 is 86.3 Å². The van der Waals surface area contributed by atoms with Crippen LogP contribution in [0.15, 0.2) is 0 Å². The molecule has 0 saturated heterocycles. The number of likely N-dealkylation sites (N-methyl/N-ethyl adjacent to an activating group) is 2. The Hall–Kier alpha value is -3.39. The van der Waals surface area contributed by atoms with Crippen LogP contribution in [0.3, 0.4) is 0 Å². The summed E-state index contributed by atoms with van der Waals surface area (Å²) in [5.74, 6) is -6.96. The third-order valence-corrected chi connectivity index (χ3v) is 8.58. The second kappa shape index (κ2) is 15.5. The van der Waals surface area contributed by atoms with Crippen molar-refractivity contribution in [2.24, 2.45) is 10.8 Å². The third-order valence-electron chi connectivity index (χ3n) is 6.47. The number of carbonyl (C=O) groups excluding carboxylic acids is 8. The zero-order chi connectivity index (χ0) is 33.3. The first kappa shape index (κ1) is 40.6. The van der Waals surface area contributed by atoms with Crippen molar-refractivity contribution in [3.8, 4) is 0 Å².